The Bertz CT molecular complexity index is 154. The summed E-state index contributed by atoms with van der Waals surface area (Å²) in [7, 11) is 1.49. The van der Waals surface area contributed by atoms with E-state index in [1.807, 2.05) is 22.6 Å². The van der Waals surface area contributed by atoms with E-state index in [9.17, 15) is 10.2 Å². The van der Waals surface area contributed by atoms with Crippen molar-refractivity contribution in [2.24, 2.45) is 0 Å². The van der Waals surface area contributed by atoms with Crippen LogP contribution in [0, 0.1) is 0 Å². The van der Waals surface area contributed by atoms with Crippen LogP contribution in [0.1, 0.15) is 6.92 Å². The van der Waals surface area contributed by atoms with Gasteiger partial charge in [0, 0.05) is 7.11 Å². The predicted octanol–water partition coefficient (Wildman–Crippen LogP) is -0.0970. The highest BCUT2D eigenvalue weighted by Gasteiger charge is 2.41. The number of rotatable bonds is 1. The minimum atomic E-state index is -0.861. The Morgan fingerprint density at radius 1 is 1.33 bits per heavy atom. The van der Waals surface area contributed by atoms with Crippen LogP contribution < -0.4 is 0 Å². The Labute approximate surface area is 85.0 Å². The first kappa shape index (κ1) is 10.6. The lowest BCUT2D eigenvalue weighted by Gasteiger charge is -2.38. The summed E-state index contributed by atoms with van der Waals surface area (Å²) < 4.78 is 10.1. The fraction of sp³-hybridized carbons (Fsp3) is 1.00. The van der Waals surface area contributed by atoms with Gasteiger partial charge < -0.3 is 19.7 Å². The average molecular weight is 288 g/mol. The maximum atomic E-state index is 9.52. The van der Waals surface area contributed by atoms with E-state index in [0.29, 0.717) is 0 Å². The number of hydrogen-bond acceptors (Lipinski definition) is 4. The Hall–Kier alpha value is 0.570. The second-order valence-electron chi connectivity index (χ2n) is 2.87. The van der Waals surface area contributed by atoms with Gasteiger partial charge in [0.25, 0.3) is 0 Å². The largest absolute Gasteiger partial charge is 0.388 e. The summed E-state index contributed by atoms with van der Waals surface area (Å²) in [5.41, 5.74) is 0. The molecular weight excluding hydrogens is 275 g/mol. The highest BCUT2D eigenvalue weighted by molar-refractivity contribution is 14.1. The molecule has 0 aliphatic carbocycles. The molecule has 1 rings (SSSR count). The lowest BCUT2D eigenvalue weighted by Crippen LogP contribution is -2.55. The van der Waals surface area contributed by atoms with Crippen molar-refractivity contribution in [2.75, 3.05) is 7.11 Å². The molecule has 4 nitrogen and oxygen atoms in total. The zero-order valence-corrected chi connectivity index (χ0v) is 9.13. The molecule has 12 heavy (non-hydrogen) atoms. The smallest absolute Gasteiger partial charge is 0.137 e. The molecule has 0 bridgehead atoms. The van der Waals surface area contributed by atoms with Gasteiger partial charge in [-0.15, -0.1) is 0 Å². The molecule has 5 heteroatoms. The Morgan fingerprint density at radius 2 is 1.92 bits per heavy atom. The van der Waals surface area contributed by atoms with Gasteiger partial charge in [-0.05, 0) is 29.5 Å². The van der Waals surface area contributed by atoms with Crippen LogP contribution in [-0.4, -0.2) is 45.8 Å². The monoisotopic (exact) mass is 288 g/mol. The third kappa shape index (κ3) is 1.90. The number of aliphatic hydroxyl groups is 2. The molecule has 1 saturated heterocycles. The van der Waals surface area contributed by atoms with Crippen LogP contribution in [0.2, 0.25) is 0 Å². The zero-order valence-electron chi connectivity index (χ0n) is 6.98. The van der Waals surface area contributed by atoms with Crippen molar-refractivity contribution in [1.29, 1.82) is 0 Å². The summed E-state index contributed by atoms with van der Waals surface area (Å²) in [5.74, 6) is 0. The number of halogens is 1. The molecule has 0 aromatic carbocycles. The van der Waals surface area contributed by atoms with Gasteiger partial charge in [-0.1, -0.05) is 0 Å². The predicted molar refractivity (Wildman–Crippen MR) is 51.2 cm³/mol. The summed E-state index contributed by atoms with van der Waals surface area (Å²) in [6.45, 7) is 1.73. The van der Waals surface area contributed by atoms with E-state index >= 15 is 0 Å². The number of ether oxygens (including phenoxy) is 2. The number of aliphatic hydroxyl groups excluding tert-OH is 2. The molecule has 72 valence electrons. The first-order chi connectivity index (χ1) is 5.57. The van der Waals surface area contributed by atoms with Crippen molar-refractivity contribution < 1.29 is 19.7 Å². The normalized spacial score (nSPS) is 49.2. The fourth-order valence-electron chi connectivity index (χ4n) is 1.24. The van der Waals surface area contributed by atoms with Gasteiger partial charge in [-0.2, -0.15) is 0 Å². The minimum Gasteiger partial charge on any atom is -0.388 e. The van der Waals surface area contributed by atoms with Crippen LogP contribution in [-0.2, 0) is 9.47 Å². The molecule has 0 spiro atoms. The second-order valence-corrected chi connectivity index (χ2v) is 4.10. The number of hydrogen-bond donors (Lipinski definition) is 2. The van der Waals surface area contributed by atoms with Crippen LogP contribution in [0.4, 0.5) is 0 Å². The quantitative estimate of drug-likeness (QED) is 0.523. The Morgan fingerprint density at radius 3 is 2.42 bits per heavy atom. The summed E-state index contributed by atoms with van der Waals surface area (Å²) in [4.78, 5) is 0. The first-order valence-electron chi connectivity index (χ1n) is 3.76. The molecule has 0 aromatic rings. The Kier molecular flexibility index (Phi) is 3.72. The molecule has 1 aliphatic heterocycles. The molecule has 1 aliphatic rings. The van der Waals surface area contributed by atoms with E-state index in [-0.39, 0.29) is 10.2 Å². The Balaban J connectivity index is 2.65. The second kappa shape index (κ2) is 4.19. The van der Waals surface area contributed by atoms with E-state index in [2.05, 4.69) is 0 Å². The van der Waals surface area contributed by atoms with Gasteiger partial charge in [-0.3, -0.25) is 0 Å². The van der Waals surface area contributed by atoms with Crippen molar-refractivity contribution in [3.8, 4) is 0 Å². The van der Waals surface area contributed by atoms with Crippen molar-refractivity contribution in [3.05, 3.63) is 0 Å². The molecule has 5 atom stereocenters. The molecular formula is C7H13IO4. The third-order valence-electron chi connectivity index (χ3n) is 2.04. The summed E-state index contributed by atoms with van der Waals surface area (Å²) in [5, 5.41) is 18.9. The van der Waals surface area contributed by atoms with E-state index in [1.54, 1.807) is 6.92 Å². The molecule has 4 unspecified atom stereocenters. The van der Waals surface area contributed by atoms with Crippen LogP contribution in [0.3, 0.4) is 0 Å². The summed E-state index contributed by atoms with van der Waals surface area (Å²) in [6.07, 6.45) is -2.51. The maximum absolute atomic E-state index is 9.52. The van der Waals surface area contributed by atoms with E-state index in [0.717, 1.165) is 0 Å². The number of alkyl halides is 1. The first-order valence-corrected chi connectivity index (χ1v) is 5.01. The standard InChI is InChI=1S/C7H13IO4/c1-3-4(9)5(10)6(11-2)7(8)12-3/h3-7,9-10H,1-2H3/t3?,4?,5?,6?,7-/m1/s1. The van der Waals surface area contributed by atoms with Crippen LogP contribution >= 0.6 is 22.6 Å². The molecule has 1 heterocycles. The van der Waals surface area contributed by atoms with Crippen LogP contribution in [0.15, 0.2) is 0 Å². The van der Waals surface area contributed by atoms with Gasteiger partial charge in [0.1, 0.15) is 22.4 Å². The van der Waals surface area contributed by atoms with Crippen molar-refractivity contribution >= 4 is 22.6 Å². The van der Waals surface area contributed by atoms with Crippen LogP contribution in [0.25, 0.3) is 0 Å². The minimum absolute atomic E-state index is 0.207. The highest BCUT2D eigenvalue weighted by Crippen LogP contribution is 2.26. The maximum Gasteiger partial charge on any atom is 0.137 e. The van der Waals surface area contributed by atoms with E-state index in [4.69, 9.17) is 9.47 Å². The van der Waals surface area contributed by atoms with E-state index < -0.39 is 18.3 Å². The van der Waals surface area contributed by atoms with Crippen LogP contribution in [0.5, 0.6) is 0 Å². The average Bonchev–Trinajstić information content (AvgIpc) is 2.01. The number of methoxy groups -OCH3 is 1. The van der Waals surface area contributed by atoms with Gasteiger partial charge in [0.2, 0.25) is 0 Å². The zero-order chi connectivity index (χ0) is 9.30. The van der Waals surface area contributed by atoms with Gasteiger partial charge in [0.05, 0.1) is 6.10 Å². The van der Waals surface area contributed by atoms with Gasteiger partial charge in [0.15, 0.2) is 0 Å². The third-order valence-corrected chi connectivity index (χ3v) is 3.04. The molecule has 1 fully saturated rings. The van der Waals surface area contributed by atoms with Crippen molar-refractivity contribution in [2.45, 2.75) is 35.5 Å². The molecule has 2 N–H and O–H groups in total. The fourth-order valence-corrected chi connectivity index (χ4v) is 2.42. The summed E-state index contributed by atoms with van der Waals surface area (Å²) in [6, 6.07) is 0. The lowest BCUT2D eigenvalue weighted by molar-refractivity contribution is -0.195. The lowest BCUT2D eigenvalue weighted by atomic mass is 10.0. The molecule has 0 radical (unpaired) electrons. The topological polar surface area (TPSA) is 58.9 Å². The summed E-state index contributed by atoms with van der Waals surface area (Å²) >= 11 is 2.04. The molecule has 0 saturated carbocycles. The van der Waals surface area contributed by atoms with Crippen molar-refractivity contribution in [3.63, 3.8) is 0 Å². The molecule has 0 amide bonds. The highest BCUT2D eigenvalue weighted by atomic mass is 127. The van der Waals surface area contributed by atoms with E-state index in [1.165, 1.54) is 7.11 Å². The SMILES string of the molecule is COC1C(O)C(O)C(C)O[C@H]1I. The van der Waals surface area contributed by atoms with Gasteiger partial charge in [-0.25, -0.2) is 0 Å². The molecule has 0 aromatic heterocycles. The van der Waals surface area contributed by atoms with Crippen molar-refractivity contribution in [1.82, 2.24) is 0 Å². The van der Waals surface area contributed by atoms with Gasteiger partial charge >= 0.3 is 0 Å².